The van der Waals surface area contributed by atoms with Crippen LogP contribution >= 0.6 is 12.2 Å². The van der Waals surface area contributed by atoms with Gasteiger partial charge in [-0.1, -0.05) is 0 Å². The van der Waals surface area contributed by atoms with Crippen molar-refractivity contribution in [2.45, 2.75) is 38.8 Å². The molecule has 2 fully saturated rings. The molecule has 0 aliphatic heterocycles. The van der Waals surface area contributed by atoms with E-state index >= 15 is 0 Å². The Morgan fingerprint density at radius 2 is 2.15 bits per heavy atom. The Balaban J connectivity index is 1.63. The molecule has 138 valence electrons. The van der Waals surface area contributed by atoms with Gasteiger partial charge in [0.25, 0.3) is 11.5 Å². The molecule has 2 bridgehead atoms. The van der Waals surface area contributed by atoms with Gasteiger partial charge in [0.2, 0.25) is 0 Å². The van der Waals surface area contributed by atoms with Gasteiger partial charge in [-0.15, -0.1) is 0 Å². The molecular weight excluding hydrogens is 350 g/mol. The number of hydrogen-bond acceptors (Lipinski definition) is 4. The minimum atomic E-state index is -0.165. The van der Waals surface area contributed by atoms with Crippen LogP contribution in [0.2, 0.25) is 0 Å². The highest BCUT2D eigenvalue weighted by Crippen LogP contribution is 2.48. The van der Waals surface area contributed by atoms with Crippen molar-refractivity contribution in [1.82, 2.24) is 14.9 Å². The summed E-state index contributed by atoms with van der Waals surface area (Å²) in [5.41, 5.74) is 0.923. The Bertz CT molecular complexity index is 980. The van der Waals surface area contributed by atoms with Crippen LogP contribution in [-0.2, 0) is 6.54 Å². The fourth-order valence-corrected chi connectivity index (χ4v) is 5.14. The number of aliphatic hydroxyl groups excluding tert-OH is 1. The van der Waals surface area contributed by atoms with Crippen molar-refractivity contribution >= 4 is 29.0 Å². The van der Waals surface area contributed by atoms with E-state index in [4.69, 9.17) is 12.2 Å². The van der Waals surface area contributed by atoms with E-state index in [1.165, 1.54) is 4.57 Å². The third-order valence-corrected chi connectivity index (χ3v) is 6.48. The van der Waals surface area contributed by atoms with Crippen LogP contribution in [0.1, 0.15) is 36.5 Å². The van der Waals surface area contributed by atoms with Gasteiger partial charge in [0.05, 0.1) is 10.9 Å². The summed E-state index contributed by atoms with van der Waals surface area (Å²) in [7, 11) is 0. The molecule has 6 nitrogen and oxygen atoms in total. The van der Waals surface area contributed by atoms with E-state index < -0.39 is 0 Å². The number of carbonyl (C=O) groups excluding carboxylic acids is 1. The first-order valence-electron chi connectivity index (χ1n) is 9.22. The highest BCUT2D eigenvalue weighted by molar-refractivity contribution is 7.71. The zero-order valence-corrected chi connectivity index (χ0v) is 15.5. The minimum Gasteiger partial charge on any atom is -0.396 e. The average molecular weight is 373 g/mol. The molecule has 7 heteroatoms. The van der Waals surface area contributed by atoms with E-state index in [1.807, 2.05) is 6.92 Å². The van der Waals surface area contributed by atoms with E-state index in [9.17, 15) is 14.7 Å². The summed E-state index contributed by atoms with van der Waals surface area (Å²) in [6, 6.07) is 5.07. The number of aromatic nitrogens is 2. The number of fused-ring (bicyclic) bond motifs is 3. The van der Waals surface area contributed by atoms with Crippen LogP contribution in [-0.4, -0.2) is 33.2 Å². The lowest BCUT2D eigenvalue weighted by molar-refractivity contribution is 0.0861. The molecule has 2 aliphatic rings. The molecule has 1 amide bonds. The molecular formula is C19H23N3O3S. The second-order valence-electron chi connectivity index (χ2n) is 7.42. The monoisotopic (exact) mass is 373 g/mol. The Morgan fingerprint density at radius 1 is 1.38 bits per heavy atom. The van der Waals surface area contributed by atoms with Crippen molar-refractivity contribution in [3.63, 3.8) is 0 Å². The summed E-state index contributed by atoms with van der Waals surface area (Å²) >= 11 is 5.24. The number of H-pyrrole nitrogens is 1. The highest BCUT2D eigenvalue weighted by atomic mass is 32.1. The van der Waals surface area contributed by atoms with Gasteiger partial charge in [-0.05, 0) is 68.4 Å². The van der Waals surface area contributed by atoms with E-state index in [0.717, 1.165) is 19.3 Å². The minimum absolute atomic E-state index is 0.0357. The van der Waals surface area contributed by atoms with Crippen molar-refractivity contribution in [3.8, 4) is 0 Å². The first-order chi connectivity index (χ1) is 12.5. The fourth-order valence-electron chi connectivity index (χ4n) is 4.82. The van der Waals surface area contributed by atoms with Crippen molar-refractivity contribution in [2.24, 2.45) is 17.8 Å². The van der Waals surface area contributed by atoms with Gasteiger partial charge in [0.15, 0.2) is 4.77 Å². The second kappa shape index (κ2) is 6.63. The summed E-state index contributed by atoms with van der Waals surface area (Å²) in [5.74, 6) is 0.974. The van der Waals surface area contributed by atoms with Crippen LogP contribution in [0.5, 0.6) is 0 Å². The van der Waals surface area contributed by atoms with E-state index in [0.29, 0.717) is 39.6 Å². The lowest BCUT2D eigenvalue weighted by Crippen LogP contribution is -2.45. The first-order valence-corrected chi connectivity index (χ1v) is 9.63. The third kappa shape index (κ3) is 2.70. The Labute approximate surface area is 156 Å². The Hall–Kier alpha value is -1.99. The third-order valence-electron chi connectivity index (χ3n) is 6.16. The average Bonchev–Trinajstić information content (AvgIpc) is 3.23. The number of hydrogen-bond donors (Lipinski definition) is 3. The van der Waals surface area contributed by atoms with Gasteiger partial charge < -0.3 is 15.4 Å². The van der Waals surface area contributed by atoms with Crippen LogP contribution in [0.15, 0.2) is 23.0 Å². The predicted molar refractivity (Wildman–Crippen MR) is 102 cm³/mol. The molecule has 2 aliphatic carbocycles. The number of nitrogens with one attached hydrogen (secondary N) is 2. The van der Waals surface area contributed by atoms with Crippen molar-refractivity contribution < 1.29 is 9.90 Å². The van der Waals surface area contributed by atoms with Crippen molar-refractivity contribution in [1.29, 1.82) is 0 Å². The van der Waals surface area contributed by atoms with Crippen molar-refractivity contribution in [2.75, 3.05) is 6.61 Å². The molecule has 0 unspecified atom stereocenters. The van der Waals surface area contributed by atoms with Crippen LogP contribution < -0.4 is 10.9 Å². The second-order valence-corrected chi connectivity index (χ2v) is 7.81. The van der Waals surface area contributed by atoms with Gasteiger partial charge in [-0.2, -0.15) is 0 Å². The fraction of sp³-hybridized carbons (Fsp3) is 0.526. The summed E-state index contributed by atoms with van der Waals surface area (Å²) in [5, 5.41) is 13.3. The lowest BCUT2D eigenvalue weighted by atomic mass is 9.85. The molecule has 2 aromatic rings. The number of aliphatic hydroxyl groups is 1. The van der Waals surface area contributed by atoms with E-state index in [2.05, 4.69) is 10.3 Å². The topological polar surface area (TPSA) is 87.1 Å². The number of amides is 1. The molecule has 1 heterocycles. The van der Waals surface area contributed by atoms with E-state index in [1.54, 1.807) is 18.2 Å². The van der Waals surface area contributed by atoms with Gasteiger partial charge >= 0.3 is 0 Å². The lowest BCUT2D eigenvalue weighted by Gasteiger charge is -2.30. The summed E-state index contributed by atoms with van der Waals surface area (Å²) in [6.07, 6.45) is 3.36. The van der Waals surface area contributed by atoms with Gasteiger partial charge in [0.1, 0.15) is 0 Å². The highest BCUT2D eigenvalue weighted by Gasteiger charge is 2.47. The van der Waals surface area contributed by atoms with Crippen LogP contribution in [0.25, 0.3) is 10.9 Å². The SMILES string of the molecule is CCn1c(=S)[nH]c2cc(C(=O)N[C@@H]3[C@H]4CC[C@@H](C4)[C@@H]3CO)ccc2c1=O. The Kier molecular flexibility index (Phi) is 4.44. The van der Waals surface area contributed by atoms with Crippen LogP contribution in [0, 0.1) is 22.5 Å². The summed E-state index contributed by atoms with van der Waals surface area (Å²) in [6.45, 7) is 2.48. The van der Waals surface area contributed by atoms with Gasteiger partial charge in [0, 0.05) is 30.7 Å². The van der Waals surface area contributed by atoms with Crippen LogP contribution in [0.4, 0.5) is 0 Å². The maximum atomic E-state index is 12.8. The largest absolute Gasteiger partial charge is 0.396 e. The van der Waals surface area contributed by atoms with Crippen molar-refractivity contribution in [3.05, 3.63) is 38.9 Å². The van der Waals surface area contributed by atoms with Gasteiger partial charge in [-0.3, -0.25) is 14.2 Å². The molecule has 4 rings (SSSR count). The number of nitrogens with zero attached hydrogens (tertiary/aromatic N) is 1. The molecule has 0 radical (unpaired) electrons. The molecule has 4 atom stereocenters. The standard InChI is InChI=1S/C19H23N3O3S/c1-2-22-18(25)13-6-5-12(8-15(13)20-19(22)26)17(24)21-16-11-4-3-10(7-11)14(16)9-23/h5-6,8,10-11,14,16,23H,2-4,7,9H2,1H3,(H,20,26)(H,21,24)/t10-,11-,14-,16+/m0/s1. The molecule has 3 N–H and O–H groups in total. The molecule has 0 saturated heterocycles. The van der Waals surface area contributed by atoms with Crippen LogP contribution in [0.3, 0.4) is 0 Å². The maximum absolute atomic E-state index is 12.8. The zero-order valence-electron chi connectivity index (χ0n) is 14.7. The van der Waals surface area contributed by atoms with E-state index in [-0.39, 0.29) is 30.0 Å². The molecule has 26 heavy (non-hydrogen) atoms. The summed E-state index contributed by atoms with van der Waals surface area (Å²) < 4.78 is 1.86. The maximum Gasteiger partial charge on any atom is 0.262 e. The number of rotatable bonds is 4. The Morgan fingerprint density at radius 3 is 2.88 bits per heavy atom. The molecule has 0 spiro atoms. The summed E-state index contributed by atoms with van der Waals surface area (Å²) in [4.78, 5) is 28.3. The molecule has 2 saturated carbocycles. The molecule has 1 aromatic heterocycles. The smallest absolute Gasteiger partial charge is 0.262 e. The first kappa shape index (κ1) is 17.4. The zero-order chi connectivity index (χ0) is 18.4. The predicted octanol–water partition coefficient (Wildman–Crippen LogP) is 2.22. The van der Waals surface area contributed by atoms with Gasteiger partial charge in [-0.25, -0.2) is 0 Å². The quantitative estimate of drug-likeness (QED) is 0.717. The normalized spacial score (nSPS) is 27.2. The number of carbonyl (C=O) groups is 1. The number of benzene rings is 1. The number of aromatic amines is 1. The molecule has 1 aromatic carbocycles.